The SMILES string of the molecule is C1=CC2Oc3ccc(-c4ccc5oc6ccc(N7c8ccccc8C8C=CC=CC87)cc6c5c4)cc3C2C=C1. The lowest BCUT2D eigenvalue weighted by molar-refractivity contribution is 0.269. The van der Waals surface area contributed by atoms with Gasteiger partial charge in [-0.3, -0.25) is 0 Å². The first-order chi connectivity index (χ1) is 19.3. The number of rotatable bonds is 2. The van der Waals surface area contributed by atoms with Crippen molar-refractivity contribution in [3.8, 4) is 16.9 Å². The number of benzene rings is 4. The Balaban J connectivity index is 1.16. The highest BCUT2D eigenvalue weighted by atomic mass is 16.5. The fraction of sp³-hybridized carbons (Fsp3) is 0.111. The summed E-state index contributed by atoms with van der Waals surface area (Å²) in [5, 5.41) is 2.29. The molecule has 9 rings (SSSR count). The number of anilines is 2. The van der Waals surface area contributed by atoms with Crippen LogP contribution in [0.25, 0.3) is 33.1 Å². The molecule has 2 aliphatic heterocycles. The van der Waals surface area contributed by atoms with Crippen LogP contribution in [0.5, 0.6) is 5.75 Å². The maximum absolute atomic E-state index is 6.30. The van der Waals surface area contributed by atoms with Crippen molar-refractivity contribution < 1.29 is 9.15 Å². The molecular formula is C36H25NO2. The highest BCUT2D eigenvalue weighted by molar-refractivity contribution is 6.07. The molecular weight excluding hydrogens is 478 g/mol. The summed E-state index contributed by atoms with van der Waals surface area (Å²) < 4.78 is 12.5. The van der Waals surface area contributed by atoms with E-state index in [9.17, 15) is 0 Å². The molecule has 4 aliphatic rings. The lowest BCUT2D eigenvalue weighted by atomic mass is 9.90. The minimum absolute atomic E-state index is 0.101. The second-order valence-electron chi connectivity index (χ2n) is 10.8. The third-order valence-corrected chi connectivity index (χ3v) is 8.74. The largest absolute Gasteiger partial charge is 0.485 e. The molecule has 0 amide bonds. The van der Waals surface area contributed by atoms with Crippen LogP contribution in [-0.2, 0) is 0 Å². The lowest BCUT2D eigenvalue weighted by Gasteiger charge is -2.28. The Bertz CT molecular complexity index is 1940. The second-order valence-corrected chi connectivity index (χ2v) is 10.8. The molecule has 0 saturated heterocycles. The minimum Gasteiger partial charge on any atom is -0.485 e. The second kappa shape index (κ2) is 7.87. The Hall–Kier alpha value is -4.76. The normalized spacial score (nSPS) is 23.6. The van der Waals surface area contributed by atoms with E-state index in [4.69, 9.17) is 9.15 Å². The Labute approximate surface area is 226 Å². The molecule has 3 heteroatoms. The van der Waals surface area contributed by atoms with Crippen LogP contribution in [0, 0.1) is 0 Å². The summed E-state index contributed by atoms with van der Waals surface area (Å²) in [6.45, 7) is 0. The van der Waals surface area contributed by atoms with Crippen molar-refractivity contribution in [2.24, 2.45) is 0 Å². The van der Waals surface area contributed by atoms with Gasteiger partial charge in [-0.1, -0.05) is 72.9 Å². The molecule has 0 spiro atoms. The number of furan rings is 1. The minimum atomic E-state index is 0.101. The van der Waals surface area contributed by atoms with Gasteiger partial charge in [0.2, 0.25) is 0 Å². The van der Waals surface area contributed by atoms with Crippen molar-refractivity contribution in [2.75, 3.05) is 4.90 Å². The Morgan fingerprint density at radius 2 is 1.33 bits per heavy atom. The van der Waals surface area contributed by atoms with E-state index in [1.54, 1.807) is 0 Å². The van der Waals surface area contributed by atoms with Gasteiger partial charge in [0.1, 0.15) is 23.0 Å². The van der Waals surface area contributed by atoms with Crippen molar-refractivity contribution in [1.82, 2.24) is 0 Å². The van der Waals surface area contributed by atoms with Crippen LogP contribution >= 0.6 is 0 Å². The van der Waals surface area contributed by atoms with Gasteiger partial charge in [0, 0.05) is 39.5 Å². The molecule has 2 aliphatic carbocycles. The van der Waals surface area contributed by atoms with Gasteiger partial charge < -0.3 is 14.1 Å². The first-order valence-corrected chi connectivity index (χ1v) is 13.7. The van der Waals surface area contributed by atoms with Crippen molar-refractivity contribution in [3.05, 3.63) is 139 Å². The van der Waals surface area contributed by atoms with Gasteiger partial charge in [0.05, 0.1) is 6.04 Å². The number of hydrogen-bond acceptors (Lipinski definition) is 3. The van der Waals surface area contributed by atoms with Crippen molar-refractivity contribution in [2.45, 2.75) is 24.0 Å². The van der Waals surface area contributed by atoms with Gasteiger partial charge in [-0.15, -0.1) is 0 Å². The molecule has 5 aromatic rings. The quantitative estimate of drug-likeness (QED) is 0.240. The Kier molecular flexibility index (Phi) is 4.28. The highest BCUT2D eigenvalue weighted by Crippen LogP contribution is 2.48. The van der Waals surface area contributed by atoms with Gasteiger partial charge >= 0.3 is 0 Å². The first kappa shape index (κ1) is 21.2. The highest BCUT2D eigenvalue weighted by Gasteiger charge is 2.37. The summed E-state index contributed by atoms with van der Waals surface area (Å²) in [5.41, 5.74) is 9.32. The van der Waals surface area contributed by atoms with E-state index in [1.165, 1.54) is 33.6 Å². The molecule has 0 fully saturated rings. The van der Waals surface area contributed by atoms with Crippen LogP contribution in [0.2, 0.25) is 0 Å². The molecule has 186 valence electrons. The number of allylic oxidation sites excluding steroid dienone is 4. The molecule has 4 unspecified atom stereocenters. The van der Waals surface area contributed by atoms with Crippen LogP contribution in [0.1, 0.15) is 23.0 Å². The predicted octanol–water partition coefficient (Wildman–Crippen LogP) is 8.95. The Morgan fingerprint density at radius 3 is 2.28 bits per heavy atom. The third kappa shape index (κ3) is 3.04. The summed E-state index contributed by atoms with van der Waals surface area (Å²) in [7, 11) is 0. The molecule has 3 nitrogen and oxygen atoms in total. The Morgan fingerprint density at radius 1 is 0.590 bits per heavy atom. The van der Waals surface area contributed by atoms with E-state index in [2.05, 4.69) is 132 Å². The number of para-hydroxylation sites is 1. The molecule has 0 bridgehead atoms. The van der Waals surface area contributed by atoms with E-state index in [0.717, 1.165) is 27.7 Å². The van der Waals surface area contributed by atoms with Crippen molar-refractivity contribution in [1.29, 1.82) is 0 Å². The number of nitrogens with zero attached hydrogens (tertiary/aromatic N) is 1. The molecule has 0 N–H and O–H groups in total. The number of ether oxygens (including phenoxy) is 1. The fourth-order valence-electron chi connectivity index (χ4n) is 6.91. The predicted molar refractivity (Wildman–Crippen MR) is 158 cm³/mol. The smallest absolute Gasteiger partial charge is 0.135 e. The van der Waals surface area contributed by atoms with Gasteiger partial charge in [0.25, 0.3) is 0 Å². The van der Waals surface area contributed by atoms with Crippen LogP contribution in [0.3, 0.4) is 0 Å². The van der Waals surface area contributed by atoms with Crippen molar-refractivity contribution in [3.63, 3.8) is 0 Å². The average Bonchev–Trinajstić information content (AvgIpc) is 3.65. The molecule has 0 saturated carbocycles. The van der Waals surface area contributed by atoms with Crippen LogP contribution in [-0.4, -0.2) is 12.1 Å². The van der Waals surface area contributed by atoms with E-state index >= 15 is 0 Å². The molecule has 1 aromatic heterocycles. The van der Waals surface area contributed by atoms with Crippen LogP contribution < -0.4 is 9.64 Å². The summed E-state index contributed by atoms with van der Waals surface area (Å²) in [5.74, 6) is 1.63. The zero-order valence-electron chi connectivity index (χ0n) is 21.2. The zero-order valence-corrected chi connectivity index (χ0v) is 21.2. The molecule has 39 heavy (non-hydrogen) atoms. The van der Waals surface area contributed by atoms with Crippen LogP contribution in [0.4, 0.5) is 11.4 Å². The van der Waals surface area contributed by atoms with Gasteiger partial charge in [-0.2, -0.15) is 0 Å². The van der Waals surface area contributed by atoms with Gasteiger partial charge in [0.15, 0.2) is 0 Å². The number of fused-ring (bicyclic) bond motifs is 9. The van der Waals surface area contributed by atoms with E-state index in [1.807, 2.05) is 0 Å². The van der Waals surface area contributed by atoms with E-state index in [-0.39, 0.29) is 18.1 Å². The maximum Gasteiger partial charge on any atom is 0.135 e. The van der Waals surface area contributed by atoms with Gasteiger partial charge in [-0.05, 0) is 71.3 Å². The third-order valence-electron chi connectivity index (χ3n) is 8.74. The van der Waals surface area contributed by atoms with E-state index in [0.29, 0.717) is 5.92 Å². The summed E-state index contributed by atoms with van der Waals surface area (Å²) in [4.78, 5) is 2.48. The summed E-state index contributed by atoms with van der Waals surface area (Å²) in [6, 6.07) is 28.8. The molecule has 4 atom stereocenters. The summed E-state index contributed by atoms with van der Waals surface area (Å²) in [6.07, 6.45) is 17.7. The van der Waals surface area contributed by atoms with Gasteiger partial charge in [-0.25, -0.2) is 0 Å². The zero-order chi connectivity index (χ0) is 25.5. The molecule has 0 radical (unpaired) electrons. The monoisotopic (exact) mass is 503 g/mol. The van der Waals surface area contributed by atoms with Crippen LogP contribution in [0.15, 0.2) is 132 Å². The average molecular weight is 504 g/mol. The topological polar surface area (TPSA) is 25.6 Å². The first-order valence-electron chi connectivity index (χ1n) is 13.7. The number of hydrogen-bond donors (Lipinski definition) is 0. The lowest BCUT2D eigenvalue weighted by Crippen LogP contribution is -2.28. The summed E-state index contributed by atoms with van der Waals surface area (Å²) >= 11 is 0. The maximum atomic E-state index is 6.30. The standard InChI is InChI=1S/C36H25NO2/c1-4-10-31-25(7-1)26-8-2-5-11-32(26)37(31)24-15-18-36-30(21-24)29-20-23(14-17-35(29)39-36)22-13-16-34-28(19-22)27-9-3-6-12-33(27)38-34/h1-21,25,27,31,33H. The molecule has 3 heterocycles. The molecule has 4 aromatic carbocycles. The van der Waals surface area contributed by atoms with E-state index < -0.39 is 0 Å². The van der Waals surface area contributed by atoms with Crippen molar-refractivity contribution >= 4 is 33.3 Å². The fourth-order valence-corrected chi connectivity index (χ4v) is 6.91.